The first kappa shape index (κ1) is 24.0. The molecule has 8 heteroatoms. The van der Waals surface area contributed by atoms with Crippen molar-refractivity contribution in [2.45, 2.75) is 24.4 Å². The first-order chi connectivity index (χ1) is 15.3. The fraction of sp³-hybridized carbons (Fsp3) is 0.208. The van der Waals surface area contributed by atoms with Gasteiger partial charge in [-0.25, -0.2) is 8.42 Å². The molecule has 6 nitrogen and oxygen atoms in total. The van der Waals surface area contributed by atoms with E-state index in [9.17, 15) is 13.2 Å². The van der Waals surface area contributed by atoms with E-state index in [-0.39, 0.29) is 29.9 Å². The zero-order valence-electron chi connectivity index (χ0n) is 17.9. The number of hydrogen-bond donors (Lipinski definition) is 1. The average Bonchev–Trinajstić information content (AvgIpc) is 2.79. The van der Waals surface area contributed by atoms with E-state index in [0.29, 0.717) is 5.75 Å². The predicted octanol–water partition coefficient (Wildman–Crippen LogP) is 4.53. The number of carbonyl (C=O) groups excluding carboxylic acids is 1. The van der Waals surface area contributed by atoms with Crippen molar-refractivity contribution in [3.05, 3.63) is 94.5 Å². The molecule has 0 saturated heterocycles. The minimum absolute atomic E-state index is 0.0787. The summed E-state index contributed by atoms with van der Waals surface area (Å²) in [6.45, 7) is 1.64. The van der Waals surface area contributed by atoms with Crippen LogP contribution in [0.5, 0.6) is 5.75 Å². The van der Waals surface area contributed by atoms with Crippen LogP contribution < -0.4 is 10.1 Å². The molecule has 0 spiro atoms. The van der Waals surface area contributed by atoms with Crippen molar-refractivity contribution in [3.8, 4) is 5.75 Å². The molecule has 3 rings (SSSR count). The molecule has 1 atom stereocenters. The number of benzene rings is 3. The van der Waals surface area contributed by atoms with Crippen LogP contribution in [0.4, 0.5) is 0 Å². The molecule has 3 aromatic carbocycles. The minimum atomic E-state index is -3.91. The van der Waals surface area contributed by atoms with Crippen molar-refractivity contribution >= 4 is 31.9 Å². The lowest BCUT2D eigenvalue weighted by Crippen LogP contribution is -2.41. The Morgan fingerprint density at radius 1 is 1.00 bits per heavy atom. The molecule has 32 heavy (non-hydrogen) atoms. The second-order valence-electron chi connectivity index (χ2n) is 7.27. The van der Waals surface area contributed by atoms with Crippen LogP contribution in [-0.2, 0) is 21.4 Å². The van der Waals surface area contributed by atoms with Crippen LogP contribution in [0.1, 0.15) is 24.1 Å². The maximum Gasteiger partial charge on any atom is 0.243 e. The smallest absolute Gasteiger partial charge is 0.243 e. The third-order valence-corrected chi connectivity index (χ3v) is 7.30. The van der Waals surface area contributed by atoms with E-state index in [0.717, 1.165) is 15.6 Å². The summed E-state index contributed by atoms with van der Waals surface area (Å²) in [5, 5.41) is 2.89. The molecule has 0 bridgehead atoms. The van der Waals surface area contributed by atoms with Crippen LogP contribution in [0.15, 0.2) is 88.2 Å². The number of sulfonamides is 1. The van der Waals surface area contributed by atoms with E-state index in [4.69, 9.17) is 4.74 Å². The van der Waals surface area contributed by atoms with Gasteiger partial charge >= 0.3 is 0 Å². The molecular weight excluding hydrogens is 492 g/mol. The first-order valence-electron chi connectivity index (χ1n) is 10.0. The topological polar surface area (TPSA) is 75.7 Å². The van der Waals surface area contributed by atoms with Gasteiger partial charge in [0.05, 0.1) is 24.6 Å². The predicted molar refractivity (Wildman–Crippen MR) is 128 cm³/mol. The summed E-state index contributed by atoms with van der Waals surface area (Å²) >= 11 is 3.39. The van der Waals surface area contributed by atoms with Crippen molar-refractivity contribution in [3.63, 3.8) is 0 Å². The highest BCUT2D eigenvalue weighted by Crippen LogP contribution is 2.22. The van der Waals surface area contributed by atoms with Crippen molar-refractivity contribution in [1.82, 2.24) is 9.62 Å². The lowest BCUT2D eigenvalue weighted by atomic mass is 10.1. The maximum absolute atomic E-state index is 13.4. The summed E-state index contributed by atoms with van der Waals surface area (Å²) in [5.41, 5.74) is 1.72. The van der Waals surface area contributed by atoms with Gasteiger partial charge in [-0.3, -0.25) is 4.79 Å². The van der Waals surface area contributed by atoms with Crippen LogP contribution in [0.25, 0.3) is 0 Å². The average molecular weight is 517 g/mol. The summed E-state index contributed by atoms with van der Waals surface area (Å²) in [4.78, 5) is 12.9. The first-order valence-corrected chi connectivity index (χ1v) is 12.3. The molecule has 0 aliphatic rings. The molecular formula is C24H25BrN2O4S. The number of nitrogens with one attached hydrogen (secondary N) is 1. The number of hydrogen-bond acceptors (Lipinski definition) is 4. The van der Waals surface area contributed by atoms with Crippen LogP contribution in [0, 0.1) is 0 Å². The fourth-order valence-electron chi connectivity index (χ4n) is 3.19. The zero-order chi connectivity index (χ0) is 23.1. The molecule has 0 aliphatic carbocycles. The van der Waals surface area contributed by atoms with Crippen molar-refractivity contribution in [2.24, 2.45) is 0 Å². The Bertz CT molecular complexity index is 1130. The third-order valence-electron chi connectivity index (χ3n) is 4.97. The van der Waals surface area contributed by atoms with Gasteiger partial charge in [-0.15, -0.1) is 0 Å². The Kier molecular flexibility index (Phi) is 8.06. The summed E-state index contributed by atoms with van der Waals surface area (Å²) in [5.74, 6) is 0.174. The summed E-state index contributed by atoms with van der Waals surface area (Å²) in [6, 6.07) is 22.7. The number of carbonyl (C=O) groups is 1. The number of methoxy groups -OCH3 is 1. The number of halogens is 1. The van der Waals surface area contributed by atoms with Crippen molar-refractivity contribution in [1.29, 1.82) is 0 Å². The van der Waals surface area contributed by atoms with Crippen LogP contribution in [0.3, 0.4) is 0 Å². The van der Waals surface area contributed by atoms with E-state index in [1.807, 2.05) is 61.5 Å². The van der Waals surface area contributed by atoms with Gasteiger partial charge < -0.3 is 10.1 Å². The molecule has 0 heterocycles. The number of nitrogens with zero attached hydrogens (tertiary/aromatic N) is 1. The van der Waals surface area contributed by atoms with Crippen molar-refractivity contribution < 1.29 is 17.9 Å². The number of amides is 1. The molecule has 168 valence electrons. The maximum atomic E-state index is 13.4. The highest BCUT2D eigenvalue weighted by molar-refractivity contribution is 9.10. The second-order valence-corrected chi connectivity index (χ2v) is 10.1. The van der Waals surface area contributed by atoms with Gasteiger partial charge in [-0.1, -0.05) is 58.4 Å². The lowest BCUT2D eigenvalue weighted by molar-refractivity contribution is -0.122. The van der Waals surface area contributed by atoms with Gasteiger partial charge in [-0.2, -0.15) is 4.31 Å². The van der Waals surface area contributed by atoms with Gasteiger partial charge in [0, 0.05) is 11.0 Å². The molecule has 1 unspecified atom stereocenters. The van der Waals surface area contributed by atoms with E-state index < -0.39 is 10.0 Å². The number of ether oxygens (including phenoxy) is 1. The highest BCUT2D eigenvalue weighted by Gasteiger charge is 2.27. The Hall–Kier alpha value is -2.68. The Morgan fingerprint density at radius 3 is 2.22 bits per heavy atom. The fourth-order valence-corrected chi connectivity index (χ4v) is 4.84. The second kappa shape index (κ2) is 10.8. The van der Waals surface area contributed by atoms with E-state index in [1.165, 1.54) is 23.5 Å². The number of rotatable bonds is 9. The molecule has 0 aliphatic heterocycles. The van der Waals surface area contributed by atoms with Crippen LogP contribution in [-0.4, -0.2) is 32.3 Å². The normalized spacial score (nSPS) is 12.4. The zero-order valence-corrected chi connectivity index (χ0v) is 20.3. The molecule has 1 N–H and O–H groups in total. The van der Waals surface area contributed by atoms with Gasteiger partial charge in [-0.05, 0) is 54.4 Å². The molecule has 0 saturated carbocycles. The molecule has 1 amide bonds. The minimum Gasteiger partial charge on any atom is -0.497 e. The molecule has 0 radical (unpaired) electrons. The summed E-state index contributed by atoms with van der Waals surface area (Å²) < 4.78 is 34.0. The Labute approximate surface area is 197 Å². The Balaban J connectivity index is 1.81. The lowest BCUT2D eigenvalue weighted by Gasteiger charge is -2.23. The standard InChI is InChI=1S/C24H25BrN2O4S/c1-18(20-8-10-21(25)11-9-20)26-24(28)17-27(16-19-6-4-3-5-7-19)32(29,30)23-14-12-22(31-2)13-15-23/h3-15,18H,16-17H2,1-2H3,(H,26,28). The van der Waals surface area contributed by atoms with E-state index in [1.54, 1.807) is 12.1 Å². The summed E-state index contributed by atoms with van der Waals surface area (Å²) in [6.07, 6.45) is 0. The van der Waals surface area contributed by atoms with Gasteiger partial charge in [0.2, 0.25) is 15.9 Å². The van der Waals surface area contributed by atoms with Crippen LogP contribution in [0.2, 0.25) is 0 Å². The Morgan fingerprint density at radius 2 is 1.62 bits per heavy atom. The summed E-state index contributed by atoms with van der Waals surface area (Å²) in [7, 11) is -2.40. The van der Waals surface area contributed by atoms with Crippen molar-refractivity contribution in [2.75, 3.05) is 13.7 Å². The third kappa shape index (κ3) is 6.18. The van der Waals surface area contributed by atoms with E-state index in [2.05, 4.69) is 21.2 Å². The van der Waals surface area contributed by atoms with E-state index >= 15 is 0 Å². The SMILES string of the molecule is COc1ccc(S(=O)(=O)N(CC(=O)NC(C)c2ccc(Br)cc2)Cc2ccccc2)cc1. The van der Waals surface area contributed by atoms with Gasteiger partial charge in [0.1, 0.15) is 5.75 Å². The molecule has 3 aromatic rings. The van der Waals surface area contributed by atoms with Crippen LogP contribution >= 0.6 is 15.9 Å². The monoisotopic (exact) mass is 516 g/mol. The van der Waals surface area contributed by atoms with Gasteiger partial charge in [0.25, 0.3) is 0 Å². The quantitative estimate of drug-likeness (QED) is 0.453. The largest absolute Gasteiger partial charge is 0.497 e. The molecule has 0 aromatic heterocycles. The van der Waals surface area contributed by atoms with Gasteiger partial charge in [0.15, 0.2) is 0 Å². The highest BCUT2D eigenvalue weighted by atomic mass is 79.9. The molecule has 0 fully saturated rings.